The number of hydrogen-bond donors (Lipinski definition) is 1. The number of rotatable bonds is 7. The predicted molar refractivity (Wildman–Crippen MR) is 93.6 cm³/mol. The summed E-state index contributed by atoms with van der Waals surface area (Å²) in [5.74, 6) is -0.873. The van der Waals surface area contributed by atoms with Crippen LogP contribution in [0.5, 0.6) is 5.75 Å². The number of tetrazole rings is 1. The molecule has 0 spiro atoms. The molecule has 0 saturated carbocycles. The summed E-state index contributed by atoms with van der Waals surface area (Å²) in [5, 5.41) is 23.3. The summed E-state index contributed by atoms with van der Waals surface area (Å²) in [6, 6.07) is 7.05. The fourth-order valence-corrected chi connectivity index (χ4v) is 2.67. The van der Waals surface area contributed by atoms with E-state index in [2.05, 4.69) is 31.6 Å². The zero-order valence-electron chi connectivity index (χ0n) is 15.2. The van der Waals surface area contributed by atoms with E-state index in [9.17, 15) is 23.2 Å². The van der Waals surface area contributed by atoms with Gasteiger partial charge < -0.3 is 10.1 Å². The van der Waals surface area contributed by atoms with Crippen LogP contribution < -0.4 is 10.1 Å². The summed E-state index contributed by atoms with van der Waals surface area (Å²) >= 11 is 1.03. The summed E-state index contributed by atoms with van der Waals surface area (Å²) in [7, 11) is 0. The van der Waals surface area contributed by atoms with Gasteiger partial charge in [-0.2, -0.15) is 9.94 Å². The number of benzene rings is 1. The summed E-state index contributed by atoms with van der Waals surface area (Å²) in [5.41, 5.74) is -0.607. The number of amides is 1. The third kappa shape index (κ3) is 5.59. The van der Waals surface area contributed by atoms with Crippen LogP contribution in [0, 0.1) is 17.2 Å². The largest absolute Gasteiger partial charge is 0.573 e. The molecule has 0 aliphatic rings. The maximum Gasteiger partial charge on any atom is 0.573 e. The average molecular weight is 414 g/mol. The Morgan fingerprint density at radius 3 is 2.54 bits per heavy atom. The van der Waals surface area contributed by atoms with Gasteiger partial charge in [-0.05, 0) is 47.5 Å². The Hall–Kier alpha value is -2.81. The van der Waals surface area contributed by atoms with Gasteiger partial charge in [-0.3, -0.25) is 4.79 Å². The van der Waals surface area contributed by atoms with Crippen LogP contribution in [0.15, 0.2) is 29.4 Å². The number of aromatic nitrogens is 4. The Morgan fingerprint density at radius 2 is 2.00 bits per heavy atom. The molecule has 2 aromatic rings. The van der Waals surface area contributed by atoms with Gasteiger partial charge in [0.15, 0.2) is 0 Å². The minimum Gasteiger partial charge on any atom is -0.406 e. The first-order valence-electron chi connectivity index (χ1n) is 8.03. The van der Waals surface area contributed by atoms with E-state index in [4.69, 9.17) is 0 Å². The minimum atomic E-state index is -4.78. The van der Waals surface area contributed by atoms with Gasteiger partial charge in [0.05, 0.1) is 17.5 Å². The molecule has 1 aromatic heterocycles. The van der Waals surface area contributed by atoms with Crippen LogP contribution >= 0.6 is 11.8 Å². The van der Waals surface area contributed by atoms with Crippen LogP contribution in [-0.4, -0.2) is 43.8 Å². The standard InChI is InChI=1S/C16H17F3N6O2S/c1-10(2)15(3,9-20)21-13(26)8-28-14-22-23-24-25(14)11-4-6-12(7-5-11)27-16(17,18)19/h4-7,10H,8H2,1-3H3,(H,21,26). The number of nitriles is 1. The lowest BCUT2D eigenvalue weighted by molar-refractivity contribution is -0.274. The lowest BCUT2D eigenvalue weighted by Crippen LogP contribution is -2.49. The second kappa shape index (κ2) is 8.47. The summed E-state index contributed by atoms with van der Waals surface area (Å²) in [4.78, 5) is 12.2. The van der Waals surface area contributed by atoms with E-state index in [1.807, 2.05) is 13.8 Å². The molecule has 0 radical (unpaired) electrons. The van der Waals surface area contributed by atoms with Gasteiger partial charge >= 0.3 is 6.36 Å². The van der Waals surface area contributed by atoms with E-state index < -0.39 is 11.9 Å². The van der Waals surface area contributed by atoms with Crippen LogP contribution in [0.25, 0.3) is 5.69 Å². The van der Waals surface area contributed by atoms with Crippen LogP contribution in [0.3, 0.4) is 0 Å². The molecule has 1 N–H and O–H groups in total. The smallest absolute Gasteiger partial charge is 0.406 e. The van der Waals surface area contributed by atoms with Crippen LogP contribution in [0.2, 0.25) is 0 Å². The minimum absolute atomic E-state index is 0.0420. The van der Waals surface area contributed by atoms with Gasteiger partial charge in [-0.25, -0.2) is 0 Å². The Labute approximate surface area is 163 Å². The van der Waals surface area contributed by atoms with Crippen LogP contribution in [-0.2, 0) is 4.79 Å². The van der Waals surface area contributed by atoms with E-state index in [0.717, 1.165) is 23.9 Å². The Bertz CT molecular complexity index is 862. The maximum atomic E-state index is 12.2. The third-order valence-corrected chi connectivity index (χ3v) is 4.79. The van der Waals surface area contributed by atoms with E-state index in [0.29, 0.717) is 5.69 Å². The zero-order valence-corrected chi connectivity index (χ0v) is 16.0. The first kappa shape index (κ1) is 21.5. The van der Waals surface area contributed by atoms with Gasteiger partial charge in [0.1, 0.15) is 11.3 Å². The molecule has 1 atom stereocenters. The highest BCUT2D eigenvalue weighted by Crippen LogP contribution is 2.25. The topological polar surface area (TPSA) is 106 Å². The Balaban J connectivity index is 2.04. The molecular weight excluding hydrogens is 397 g/mol. The van der Waals surface area contributed by atoms with Crippen molar-refractivity contribution in [3.63, 3.8) is 0 Å². The summed E-state index contributed by atoms with van der Waals surface area (Å²) < 4.78 is 41.8. The molecule has 2 rings (SSSR count). The van der Waals surface area contributed by atoms with Gasteiger partial charge in [-0.15, -0.1) is 18.3 Å². The van der Waals surface area contributed by atoms with Gasteiger partial charge in [0.25, 0.3) is 0 Å². The Kier molecular flexibility index (Phi) is 6.50. The van der Waals surface area contributed by atoms with E-state index in [-0.39, 0.29) is 28.5 Å². The monoisotopic (exact) mass is 414 g/mol. The van der Waals surface area contributed by atoms with Crippen molar-refractivity contribution in [2.24, 2.45) is 5.92 Å². The van der Waals surface area contributed by atoms with E-state index in [1.54, 1.807) is 6.92 Å². The number of alkyl halides is 3. The molecule has 8 nitrogen and oxygen atoms in total. The molecule has 0 fully saturated rings. The summed E-state index contributed by atoms with van der Waals surface area (Å²) in [6.45, 7) is 5.28. The number of nitrogens with zero attached hydrogens (tertiary/aromatic N) is 5. The van der Waals surface area contributed by atoms with E-state index >= 15 is 0 Å². The first-order chi connectivity index (χ1) is 13.0. The molecular formula is C16H17F3N6O2S. The molecule has 0 aliphatic carbocycles. The number of carbonyl (C=O) groups excluding carboxylic acids is 1. The molecule has 0 saturated heterocycles. The lowest BCUT2D eigenvalue weighted by Gasteiger charge is -2.27. The van der Waals surface area contributed by atoms with Crippen LogP contribution in [0.4, 0.5) is 13.2 Å². The van der Waals surface area contributed by atoms with Crippen molar-refractivity contribution in [2.75, 3.05) is 5.75 Å². The Morgan fingerprint density at radius 1 is 1.36 bits per heavy atom. The van der Waals surface area contributed by atoms with Crippen molar-refractivity contribution in [1.29, 1.82) is 5.26 Å². The molecule has 12 heteroatoms. The highest BCUT2D eigenvalue weighted by molar-refractivity contribution is 7.99. The molecule has 1 heterocycles. The first-order valence-corrected chi connectivity index (χ1v) is 9.02. The lowest BCUT2D eigenvalue weighted by atomic mass is 9.90. The second-order valence-corrected chi connectivity index (χ2v) is 7.16. The average Bonchev–Trinajstić information content (AvgIpc) is 3.07. The van der Waals surface area contributed by atoms with Gasteiger partial charge in [-0.1, -0.05) is 25.6 Å². The normalized spacial score (nSPS) is 13.6. The molecule has 0 bridgehead atoms. The number of carbonyl (C=O) groups is 1. The van der Waals surface area contributed by atoms with E-state index in [1.165, 1.54) is 16.8 Å². The molecule has 1 unspecified atom stereocenters. The number of ether oxygens (including phenoxy) is 1. The van der Waals surface area contributed by atoms with Crippen LogP contribution in [0.1, 0.15) is 20.8 Å². The molecule has 150 valence electrons. The van der Waals surface area contributed by atoms with Crippen molar-refractivity contribution in [2.45, 2.75) is 37.8 Å². The van der Waals surface area contributed by atoms with Crippen molar-refractivity contribution in [1.82, 2.24) is 25.5 Å². The van der Waals surface area contributed by atoms with Crippen molar-refractivity contribution in [3.8, 4) is 17.5 Å². The number of hydrogen-bond acceptors (Lipinski definition) is 7. The fourth-order valence-electron chi connectivity index (χ4n) is 1.98. The fraction of sp³-hybridized carbons (Fsp3) is 0.438. The number of nitrogens with one attached hydrogen (secondary N) is 1. The van der Waals surface area contributed by atoms with Crippen molar-refractivity contribution < 1.29 is 22.7 Å². The highest BCUT2D eigenvalue weighted by Gasteiger charge is 2.31. The third-order valence-electron chi connectivity index (χ3n) is 3.87. The highest BCUT2D eigenvalue weighted by atomic mass is 32.2. The number of halogens is 3. The number of thioether (sulfide) groups is 1. The van der Waals surface area contributed by atoms with Gasteiger partial charge in [0.2, 0.25) is 11.1 Å². The van der Waals surface area contributed by atoms with Gasteiger partial charge in [0, 0.05) is 0 Å². The molecule has 1 amide bonds. The van der Waals surface area contributed by atoms with Crippen molar-refractivity contribution in [3.05, 3.63) is 24.3 Å². The second-order valence-electron chi connectivity index (χ2n) is 6.22. The predicted octanol–water partition coefficient (Wildman–Crippen LogP) is 2.71. The van der Waals surface area contributed by atoms with Crippen molar-refractivity contribution >= 4 is 17.7 Å². The molecule has 1 aromatic carbocycles. The maximum absolute atomic E-state index is 12.2. The summed E-state index contributed by atoms with van der Waals surface area (Å²) in [6.07, 6.45) is -4.78. The SMILES string of the molecule is CC(C)C(C)(C#N)NC(=O)CSc1nnnn1-c1ccc(OC(F)(F)F)cc1. The molecule has 28 heavy (non-hydrogen) atoms. The molecule has 0 aliphatic heterocycles. The zero-order chi connectivity index (χ0) is 20.9. The quantitative estimate of drug-likeness (QED) is 0.695.